The van der Waals surface area contributed by atoms with Gasteiger partial charge < -0.3 is 10.7 Å². The van der Waals surface area contributed by atoms with E-state index in [1.165, 1.54) is 0 Å². The fourth-order valence-corrected chi connectivity index (χ4v) is 2.44. The number of hydrazine groups is 1. The summed E-state index contributed by atoms with van der Waals surface area (Å²) in [6.07, 6.45) is 2.53. The molecule has 0 fully saturated rings. The molecule has 1 amide bonds. The van der Waals surface area contributed by atoms with Gasteiger partial charge in [-0.25, -0.2) is 15.8 Å². The van der Waals surface area contributed by atoms with Crippen molar-refractivity contribution in [3.05, 3.63) is 39.5 Å². The van der Waals surface area contributed by atoms with Crippen molar-refractivity contribution in [3.63, 3.8) is 0 Å². The van der Waals surface area contributed by atoms with E-state index in [9.17, 15) is 4.79 Å². The van der Waals surface area contributed by atoms with Gasteiger partial charge in [0.05, 0.1) is 6.54 Å². The van der Waals surface area contributed by atoms with Crippen LogP contribution in [0, 0.1) is 6.92 Å². The van der Waals surface area contributed by atoms with E-state index in [-0.39, 0.29) is 5.91 Å². The Labute approximate surface area is 121 Å². The van der Waals surface area contributed by atoms with E-state index < -0.39 is 0 Å². The zero-order valence-corrected chi connectivity index (χ0v) is 12.3. The van der Waals surface area contributed by atoms with Crippen molar-refractivity contribution in [1.29, 1.82) is 0 Å². The molecule has 0 aliphatic carbocycles. The molecule has 4 N–H and O–H groups in total. The first-order valence-corrected chi connectivity index (χ1v) is 7.11. The average Bonchev–Trinajstić information content (AvgIpc) is 2.89. The highest BCUT2D eigenvalue weighted by Crippen LogP contribution is 2.13. The molecule has 106 valence electrons. The highest BCUT2D eigenvalue weighted by molar-refractivity contribution is 7.11. The number of rotatable bonds is 5. The zero-order chi connectivity index (χ0) is 14.5. The molecule has 0 saturated heterocycles. The molecule has 2 aromatic heterocycles. The SMILES string of the molecule is CCc1cc(C(=O)NCc2ncc(C)s2)cc(NN)n1. The summed E-state index contributed by atoms with van der Waals surface area (Å²) in [4.78, 5) is 21.7. The summed E-state index contributed by atoms with van der Waals surface area (Å²) in [6, 6.07) is 3.39. The van der Waals surface area contributed by atoms with Gasteiger partial charge in [-0.1, -0.05) is 6.92 Å². The molecule has 0 atom stereocenters. The highest BCUT2D eigenvalue weighted by atomic mass is 32.1. The molecule has 0 aliphatic heterocycles. The van der Waals surface area contributed by atoms with Gasteiger partial charge in [-0.05, 0) is 25.5 Å². The molecule has 0 unspecified atom stereocenters. The van der Waals surface area contributed by atoms with Crippen LogP contribution in [0.1, 0.15) is 32.9 Å². The molecule has 0 aliphatic rings. The van der Waals surface area contributed by atoms with Gasteiger partial charge in [-0.2, -0.15) is 0 Å². The third-order valence-electron chi connectivity index (χ3n) is 2.72. The standard InChI is InChI=1S/C13H17N5OS/c1-3-10-4-9(5-11(17-10)18-14)13(19)16-7-12-15-6-8(2)20-12/h4-6H,3,7,14H2,1-2H3,(H,16,19)(H,17,18). The Bertz CT molecular complexity index is 588. The van der Waals surface area contributed by atoms with Crippen LogP contribution < -0.4 is 16.6 Å². The summed E-state index contributed by atoms with van der Waals surface area (Å²) >= 11 is 1.57. The Morgan fingerprint density at radius 3 is 2.85 bits per heavy atom. The molecule has 2 heterocycles. The Hall–Kier alpha value is -1.99. The van der Waals surface area contributed by atoms with Gasteiger partial charge in [0.25, 0.3) is 5.91 Å². The van der Waals surface area contributed by atoms with E-state index in [1.54, 1.807) is 29.7 Å². The van der Waals surface area contributed by atoms with E-state index >= 15 is 0 Å². The van der Waals surface area contributed by atoms with Crippen molar-refractivity contribution in [2.24, 2.45) is 5.84 Å². The number of hydrogen-bond donors (Lipinski definition) is 3. The van der Waals surface area contributed by atoms with Crippen LogP contribution in [-0.4, -0.2) is 15.9 Å². The van der Waals surface area contributed by atoms with Crippen LogP contribution in [0.25, 0.3) is 0 Å². The molecule has 2 rings (SSSR count). The Morgan fingerprint density at radius 2 is 2.25 bits per heavy atom. The van der Waals surface area contributed by atoms with Gasteiger partial charge in [0, 0.05) is 22.3 Å². The van der Waals surface area contributed by atoms with Crippen molar-refractivity contribution in [2.45, 2.75) is 26.8 Å². The minimum Gasteiger partial charge on any atom is -0.346 e. The number of amides is 1. The highest BCUT2D eigenvalue weighted by Gasteiger charge is 2.10. The maximum atomic E-state index is 12.1. The van der Waals surface area contributed by atoms with Gasteiger partial charge in [0.1, 0.15) is 10.8 Å². The second-order valence-electron chi connectivity index (χ2n) is 4.28. The van der Waals surface area contributed by atoms with Crippen molar-refractivity contribution >= 4 is 23.1 Å². The number of anilines is 1. The number of carbonyl (C=O) groups is 1. The smallest absolute Gasteiger partial charge is 0.251 e. The largest absolute Gasteiger partial charge is 0.346 e. The molecule has 0 bridgehead atoms. The van der Waals surface area contributed by atoms with Crippen LogP contribution in [0.4, 0.5) is 5.82 Å². The maximum Gasteiger partial charge on any atom is 0.251 e. The first-order chi connectivity index (χ1) is 9.62. The average molecular weight is 291 g/mol. The monoisotopic (exact) mass is 291 g/mol. The minimum absolute atomic E-state index is 0.161. The predicted octanol–water partition coefficient (Wildman–Crippen LogP) is 1.62. The van der Waals surface area contributed by atoms with Gasteiger partial charge in [-0.15, -0.1) is 11.3 Å². The third-order valence-corrected chi connectivity index (χ3v) is 3.63. The molecule has 20 heavy (non-hydrogen) atoms. The molecular formula is C13H17N5OS. The van der Waals surface area contributed by atoms with Gasteiger partial charge in [-0.3, -0.25) is 4.79 Å². The molecule has 6 nitrogen and oxygen atoms in total. The number of carbonyl (C=O) groups excluding carboxylic acids is 1. The minimum atomic E-state index is -0.161. The number of nitrogens with one attached hydrogen (secondary N) is 2. The molecule has 0 aromatic carbocycles. The number of pyridine rings is 1. The number of nitrogens with two attached hydrogens (primary N) is 1. The lowest BCUT2D eigenvalue weighted by molar-refractivity contribution is 0.0950. The van der Waals surface area contributed by atoms with Crippen LogP contribution in [0.15, 0.2) is 18.3 Å². The topological polar surface area (TPSA) is 92.9 Å². The number of aryl methyl sites for hydroxylation is 2. The van der Waals surface area contributed by atoms with Crippen LogP contribution in [0.3, 0.4) is 0 Å². The van der Waals surface area contributed by atoms with Gasteiger partial charge in [0.2, 0.25) is 0 Å². The number of hydrogen-bond acceptors (Lipinski definition) is 6. The zero-order valence-electron chi connectivity index (χ0n) is 11.4. The Balaban J connectivity index is 2.08. The summed E-state index contributed by atoms with van der Waals surface area (Å²) in [6.45, 7) is 4.38. The first-order valence-electron chi connectivity index (χ1n) is 6.29. The van der Waals surface area contributed by atoms with E-state index in [1.807, 2.05) is 13.8 Å². The van der Waals surface area contributed by atoms with Gasteiger partial charge >= 0.3 is 0 Å². The van der Waals surface area contributed by atoms with E-state index in [0.29, 0.717) is 17.9 Å². The second kappa shape index (κ2) is 6.44. The van der Waals surface area contributed by atoms with Crippen molar-refractivity contribution in [1.82, 2.24) is 15.3 Å². The van der Waals surface area contributed by atoms with Crippen molar-refractivity contribution in [2.75, 3.05) is 5.43 Å². The Kier molecular flexibility index (Phi) is 4.65. The van der Waals surface area contributed by atoms with Crippen molar-refractivity contribution in [3.8, 4) is 0 Å². The van der Waals surface area contributed by atoms with Crippen LogP contribution in [-0.2, 0) is 13.0 Å². The predicted molar refractivity (Wildman–Crippen MR) is 79.4 cm³/mol. The Morgan fingerprint density at radius 1 is 1.45 bits per heavy atom. The lowest BCUT2D eigenvalue weighted by Gasteiger charge is -2.07. The van der Waals surface area contributed by atoms with Crippen LogP contribution in [0.2, 0.25) is 0 Å². The lowest BCUT2D eigenvalue weighted by atomic mass is 10.2. The summed E-state index contributed by atoms with van der Waals surface area (Å²) in [5, 5.41) is 3.73. The molecule has 0 spiro atoms. The summed E-state index contributed by atoms with van der Waals surface area (Å²) in [7, 11) is 0. The number of aromatic nitrogens is 2. The fourth-order valence-electron chi connectivity index (χ4n) is 1.71. The quantitative estimate of drug-likeness (QED) is 0.575. The van der Waals surface area contributed by atoms with E-state index in [0.717, 1.165) is 22.0 Å². The lowest BCUT2D eigenvalue weighted by Crippen LogP contribution is -2.23. The normalized spacial score (nSPS) is 10.3. The van der Waals surface area contributed by atoms with Crippen LogP contribution in [0.5, 0.6) is 0 Å². The number of nitrogen functional groups attached to an aromatic ring is 1. The van der Waals surface area contributed by atoms with Crippen LogP contribution >= 0.6 is 11.3 Å². The molecular weight excluding hydrogens is 274 g/mol. The summed E-state index contributed by atoms with van der Waals surface area (Å²) in [5.74, 6) is 5.68. The summed E-state index contributed by atoms with van der Waals surface area (Å²) < 4.78 is 0. The summed E-state index contributed by atoms with van der Waals surface area (Å²) in [5.41, 5.74) is 3.83. The second-order valence-corrected chi connectivity index (χ2v) is 5.60. The third kappa shape index (κ3) is 3.52. The molecule has 0 saturated carbocycles. The number of nitrogens with zero attached hydrogens (tertiary/aromatic N) is 2. The fraction of sp³-hybridized carbons (Fsp3) is 0.308. The molecule has 2 aromatic rings. The van der Waals surface area contributed by atoms with E-state index in [4.69, 9.17) is 5.84 Å². The molecule has 7 heteroatoms. The first kappa shape index (κ1) is 14.4. The van der Waals surface area contributed by atoms with Crippen molar-refractivity contribution < 1.29 is 4.79 Å². The maximum absolute atomic E-state index is 12.1. The van der Waals surface area contributed by atoms with E-state index in [2.05, 4.69) is 20.7 Å². The van der Waals surface area contributed by atoms with Gasteiger partial charge in [0.15, 0.2) is 0 Å². The molecule has 0 radical (unpaired) electrons. The number of thiazole rings is 1.